The predicted molar refractivity (Wildman–Crippen MR) is 57.9 cm³/mol. The zero-order valence-corrected chi connectivity index (χ0v) is 9.10. The SMILES string of the molecule is CN(C)c1nccnc1C1CNCCO1. The second-order valence-electron chi connectivity index (χ2n) is 3.72. The van der Waals surface area contributed by atoms with E-state index in [4.69, 9.17) is 4.74 Å². The highest BCUT2D eigenvalue weighted by molar-refractivity contribution is 5.42. The van der Waals surface area contributed by atoms with Crippen molar-refractivity contribution < 1.29 is 4.74 Å². The normalized spacial score (nSPS) is 21.3. The molecule has 0 aromatic carbocycles. The van der Waals surface area contributed by atoms with E-state index in [0.717, 1.165) is 31.2 Å². The average molecular weight is 208 g/mol. The maximum atomic E-state index is 5.66. The zero-order valence-electron chi connectivity index (χ0n) is 9.10. The van der Waals surface area contributed by atoms with Crippen LogP contribution >= 0.6 is 0 Å². The molecule has 2 rings (SSSR count). The molecule has 82 valence electrons. The summed E-state index contributed by atoms with van der Waals surface area (Å²) in [4.78, 5) is 10.6. The lowest BCUT2D eigenvalue weighted by molar-refractivity contribution is 0.0251. The summed E-state index contributed by atoms with van der Waals surface area (Å²) in [6, 6.07) is 0. The number of ether oxygens (including phenoxy) is 1. The van der Waals surface area contributed by atoms with Crippen molar-refractivity contribution in [2.75, 3.05) is 38.7 Å². The van der Waals surface area contributed by atoms with Crippen LogP contribution < -0.4 is 10.2 Å². The largest absolute Gasteiger partial charge is 0.369 e. The van der Waals surface area contributed by atoms with Crippen molar-refractivity contribution in [3.05, 3.63) is 18.1 Å². The van der Waals surface area contributed by atoms with E-state index < -0.39 is 0 Å². The molecule has 1 unspecified atom stereocenters. The van der Waals surface area contributed by atoms with Crippen LogP contribution in [-0.4, -0.2) is 43.8 Å². The average Bonchev–Trinajstić information content (AvgIpc) is 2.30. The smallest absolute Gasteiger partial charge is 0.152 e. The Morgan fingerprint density at radius 1 is 1.40 bits per heavy atom. The maximum absolute atomic E-state index is 5.66. The fourth-order valence-corrected chi connectivity index (χ4v) is 1.65. The quantitative estimate of drug-likeness (QED) is 0.752. The summed E-state index contributed by atoms with van der Waals surface area (Å²) in [5.74, 6) is 0.881. The van der Waals surface area contributed by atoms with Crippen LogP contribution in [-0.2, 0) is 4.74 Å². The van der Waals surface area contributed by atoms with Gasteiger partial charge in [-0.1, -0.05) is 0 Å². The zero-order chi connectivity index (χ0) is 10.7. The Morgan fingerprint density at radius 2 is 2.20 bits per heavy atom. The Bertz CT molecular complexity index is 323. The molecule has 0 aliphatic carbocycles. The first kappa shape index (κ1) is 10.3. The van der Waals surface area contributed by atoms with Gasteiger partial charge in [-0.25, -0.2) is 4.98 Å². The number of morpholine rings is 1. The Labute approximate surface area is 89.5 Å². The van der Waals surface area contributed by atoms with Crippen LogP contribution in [0.2, 0.25) is 0 Å². The van der Waals surface area contributed by atoms with Gasteiger partial charge in [-0.05, 0) is 0 Å². The molecule has 0 bridgehead atoms. The summed E-state index contributed by atoms with van der Waals surface area (Å²) in [6.45, 7) is 2.45. The van der Waals surface area contributed by atoms with E-state index in [0.29, 0.717) is 0 Å². The molecule has 5 nitrogen and oxygen atoms in total. The van der Waals surface area contributed by atoms with Gasteiger partial charge < -0.3 is 15.0 Å². The predicted octanol–water partition coefficient (Wildman–Crippen LogP) is 0.203. The Morgan fingerprint density at radius 3 is 2.87 bits per heavy atom. The van der Waals surface area contributed by atoms with Gasteiger partial charge in [0, 0.05) is 39.6 Å². The lowest BCUT2D eigenvalue weighted by atomic mass is 10.2. The van der Waals surface area contributed by atoms with Crippen LogP contribution in [0.5, 0.6) is 0 Å². The third-order valence-corrected chi connectivity index (χ3v) is 2.36. The molecule has 1 aliphatic rings. The highest BCUT2D eigenvalue weighted by atomic mass is 16.5. The monoisotopic (exact) mass is 208 g/mol. The van der Waals surface area contributed by atoms with Gasteiger partial charge in [0.25, 0.3) is 0 Å². The van der Waals surface area contributed by atoms with E-state index in [1.54, 1.807) is 12.4 Å². The fraction of sp³-hybridized carbons (Fsp3) is 0.600. The minimum absolute atomic E-state index is 0.0184. The first-order valence-corrected chi connectivity index (χ1v) is 5.09. The minimum Gasteiger partial charge on any atom is -0.369 e. The van der Waals surface area contributed by atoms with Gasteiger partial charge in [0.05, 0.1) is 6.61 Å². The molecule has 15 heavy (non-hydrogen) atoms. The van der Waals surface area contributed by atoms with E-state index in [1.165, 1.54) is 0 Å². The first-order valence-electron chi connectivity index (χ1n) is 5.09. The summed E-state index contributed by atoms with van der Waals surface area (Å²) >= 11 is 0. The van der Waals surface area contributed by atoms with E-state index in [9.17, 15) is 0 Å². The standard InChI is InChI=1S/C10H16N4O/c1-14(2)10-9(12-3-4-13-10)8-7-11-5-6-15-8/h3-4,8,11H,5-7H2,1-2H3. The molecule has 0 spiro atoms. The first-order chi connectivity index (χ1) is 7.29. The topological polar surface area (TPSA) is 50.3 Å². The Balaban J connectivity index is 2.25. The summed E-state index contributed by atoms with van der Waals surface area (Å²) in [5, 5.41) is 3.29. The number of hydrogen-bond donors (Lipinski definition) is 1. The maximum Gasteiger partial charge on any atom is 0.152 e. The highest BCUT2D eigenvalue weighted by Gasteiger charge is 2.21. The summed E-state index contributed by atoms with van der Waals surface area (Å²) in [7, 11) is 3.92. The summed E-state index contributed by atoms with van der Waals surface area (Å²) < 4.78 is 5.66. The summed E-state index contributed by atoms with van der Waals surface area (Å²) in [6.07, 6.45) is 3.43. The molecule has 2 heterocycles. The molecule has 1 aromatic heterocycles. The van der Waals surface area contributed by atoms with E-state index in [2.05, 4.69) is 15.3 Å². The van der Waals surface area contributed by atoms with Crippen molar-refractivity contribution in [2.45, 2.75) is 6.10 Å². The van der Waals surface area contributed by atoms with Crippen LogP contribution in [0.15, 0.2) is 12.4 Å². The van der Waals surface area contributed by atoms with Gasteiger partial charge >= 0.3 is 0 Å². The van der Waals surface area contributed by atoms with Crippen molar-refractivity contribution in [3.63, 3.8) is 0 Å². The number of nitrogens with zero attached hydrogens (tertiary/aromatic N) is 3. The number of nitrogens with one attached hydrogen (secondary N) is 1. The Hall–Kier alpha value is -1.20. The molecule has 5 heteroatoms. The molecular formula is C10H16N4O. The van der Waals surface area contributed by atoms with Gasteiger partial charge in [0.2, 0.25) is 0 Å². The van der Waals surface area contributed by atoms with Crippen molar-refractivity contribution >= 4 is 5.82 Å². The van der Waals surface area contributed by atoms with Crippen molar-refractivity contribution in [1.82, 2.24) is 15.3 Å². The number of anilines is 1. The number of aromatic nitrogens is 2. The molecule has 1 N–H and O–H groups in total. The van der Waals surface area contributed by atoms with Crippen LogP contribution in [0.4, 0.5) is 5.82 Å². The molecule has 0 saturated carbocycles. The van der Waals surface area contributed by atoms with Gasteiger partial charge in [0.1, 0.15) is 11.8 Å². The van der Waals surface area contributed by atoms with E-state index in [1.807, 2.05) is 19.0 Å². The van der Waals surface area contributed by atoms with Gasteiger partial charge in [-0.15, -0.1) is 0 Å². The Kier molecular flexibility index (Phi) is 3.13. The number of rotatable bonds is 2. The molecule has 1 atom stereocenters. The van der Waals surface area contributed by atoms with Crippen molar-refractivity contribution in [3.8, 4) is 0 Å². The van der Waals surface area contributed by atoms with Crippen LogP contribution in [0, 0.1) is 0 Å². The van der Waals surface area contributed by atoms with Gasteiger partial charge in [-0.3, -0.25) is 4.98 Å². The van der Waals surface area contributed by atoms with Crippen LogP contribution in [0.3, 0.4) is 0 Å². The van der Waals surface area contributed by atoms with Crippen molar-refractivity contribution in [2.24, 2.45) is 0 Å². The lowest BCUT2D eigenvalue weighted by Gasteiger charge is -2.25. The fourth-order valence-electron chi connectivity index (χ4n) is 1.65. The van der Waals surface area contributed by atoms with Gasteiger partial charge in [-0.2, -0.15) is 0 Å². The molecule has 1 saturated heterocycles. The second-order valence-corrected chi connectivity index (χ2v) is 3.72. The molecule has 1 aliphatic heterocycles. The van der Waals surface area contributed by atoms with Crippen LogP contribution in [0.1, 0.15) is 11.8 Å². The third kappa shape index (κ3) is 2.24. The third-order valence-electron chi connectivity index (χ3n) is 2.36. The van der Waals surface area contributed by atoms with Gasteiger partial charge in [0.15, 0.2) is 5.82 Å². The molecule has 0 radical (unpaired) electrons. The number of hydrogen-bond acceptors (Lipinski definition) is 5. The van der Waals surface area contributed by atoms with E-state index >= 15 is 0 Å². The van der Waals surface area contributed by atoms with Crippen LogP contribution in [0.25, 0.3) is 0 Å². The molecule has 1 aromatic rings. The minimum atomic E-state index is 0.0184. The van der Waals surface area contributed by atoms with E-state index in [-0.39, 0.29) is 6.10 Å². The van der Waals surface area contributed by atoms with Crippen molar-refractivity contribution in [1.29, 1.82) is 0 Å². The summed E-state index contributed by atoms with van der Waals surface area (Å²) in [5.41, 5.74) is 0.912. The lowest BCUT2D eigenvalue weighted by Crippen LogP contribution is -2.34. The molecular weight excluding hydrogens is 192 g/mol. The molecule has 1 fully saturated rings. The molecule has 0 amide bonds. The second kappa shape index (κ2) is 4.55. The highest BCUT2D eigenvalue weighted by Crippen LogP contribution is 2.23.